The van der Waals surface area contributed by atoms with Gasteiger partial charge in [0.25, 0.3) is 0 Å². The van der Waals surface area contributed by atoms with Crippen LogP contribution in [-0.4, -0.2) is 17.4 Å². The van der Waals surface area contributed by atoms with E-state index in [1.165, 1.54) is 33.9 Å². The van der Waals surface area contributed by atoms with Crippen molar-refractivity contribution in [1.82, 2.24) is 17.4 Å². The van der Waals surface area contributed by atoms with Gasteiger partial charge in [-0.25, -0.2) is 0 Å². The van der Waals surface area contributed by atoms with Gasteiger partial charge in [-0.15, -0.1) is 0 Å². The maximum atomic E-state index is 7.13. The number of nitrogens with zero attached hydrogens (tertiary/aromatic N) is 4. The van der Waals surface area contributed by atoms with Crippen LogP contribution in [0.2, 0.25) is 0 Å². The van der Waals surface area contributed by atoms with E-state index in [2.05, 4.69) is 156 Å². The van der Waals surface area contributed by atoms with Crippen LogP contribution in [0.25, 0.3) is 0 Å². The number of rotatable bonds is 4. The van der Waals surface area contributed by atoms with Gasteiger partial charge >= 0.3 is 16.9 Å². The SMILES string of the molecule is CC(C)(C)c1cc2c(c(OP3n4cccc4Cc4cccn43)c1)Oc1c(cc(C(C)(C)C)cc1OP1n3cccc3Cc3cccn31)C2. The highest BCUT2D eigenvalue weighted by atomic mass is 31.2. The smallest absolute Gasteiger partial charge is 0.318 e. The fraction of sp³-hybridized carbons (Fsp3) is 0.282. The van der Waals surface area contributed by atoms with Crippen LogP contribution in [0.5, 0.6) is 23.0 Å². The molecular weight excluding hydrogens is 634 g/mol. The van der Waals surface area contributed by atoms with Gasteiger partial charge in [0.05, 0.1) is 0 Å². The van der Waals surface area contributed by atoms with Crippen molar-refractivity contribution < 1.29 is 13.8 Å². The molecule has 2 aromatic carbocycles. The van der Waals surface area contributed by atoms with Crippen LogP contribution in [0, 0.1) is 0 Å². The molecule has 0 fully saturated rings. The van der Waals surface area contributed by atoms with Crippen molar-refractivity contribution in [2.45, 2.75) is 71.6 Å². The predicted molar refractivity (Wildman–Crippen MR) is 193 cm³/mol. The Morgan fingerprint density at radius 3 is 1.21 bits per heavy atom. The molecule has 7 nitrogen and oxygen atoms in total. The largest absolute Gasteiger partial charge is 0.449 e. The molecule has 6 aromatic rings. The Morgan fingerprint density at radius 1 is 0.521 bits per heavy atom. The maximum Gasteiger partial charge on any atom is 0.318 e. The van der Waals surface area contributed by atoms with Gasteiger partial charge in [0, 0.05) is 78.0 Å². The Kier molecular flexibility index (Phi) is 6.64. The minimum atomic E-state index is -1.21. The molecule has 0 unspecified atom stereocenters. The van der Waals surface area contributed by atoms with Crippen LogP contribution in [-0.2, 0) is 30.1 Å². The third-order valence-electron chi connectivity index (χ3n) is 9.64. The Labute approximate surface area is 284 Å². The molecule has 0 amide bonds. The summed E-state index contributed by atoms with van der Waals surface area (Å²) in [6.07, 6.45) is 11.1. The summed E-state index contributed by atoms with van der Waals surface area (Å²) >= 11 is 0. The quantitative estimate of drug-likeness (QED) is 0.175. The molecule has 3 aliphatic heterocycles. The molecule has 3 aliphatic rings. The highest BCUT2D eigenvalue weighted by Crippen LogP contribution is 2.57. The molecule has 4 aromatic heterocycles. The second-order valence-electron chi connectivity index (χ2n) is 15.1. The average molecular weight is 675 g/mol. The predicted octanol–water partition coefficient (Wildman–Crippen LogP) is 10.4. The third kappa shape index (κ3) is 4.85. The van der Waals surface area contributed by atoms with Crippen LogP contribution in [0.1, 0.15) is 86.6 Å². The van der Waals surface area contributed by atoms with Gasteiger partial charge in [0.15, 0.2) is 23.0 Å². The fourth-order valence-electron chi connectivity index (χ4n) is 6.91. The first kappa shape index (κ1) is 29.9. The normalized spacial score (nSPS) is 15.5. The Hall–Kier alpha value is -4.18. The van der Waals surface area contributed by atoms with E-state index in [1.807, 2.05) is 0 Å². The molecular formula is C39H40N4O3P2. The van der Waals surface area contributed by atoms with Crippen molar-refractivity contribution >= 4 is 16.9 Å². The molecule has 0 N–H and O–H groups in total. The summed E-state index contributed by atoms with van der Waals surface area (Å²) in [5.41, 5.74) is 9.62. The van der Waals surface area contributed by atoms with E-state index in [4.69, 9.17) is 13.8 Å². The van der Waals surface area contributed by atoms with Crippen molar-refractivity contribution in [3.05, 3.63) is 143 Å². The van der Waals surface area contributed by atoms with E-state index in [0.29, 0.717) is 0 Å². The number of hydrogen-bond donors (Lipinski definition) is 0. The van der Waals surface area contributed by atoms with Gasteiger partial charge < -0.3 is 13.8 Å². The molecule has 9 heteroatoms. The maximum absolute atomic E-state index is 7.13. The zero-order chi connectivity index (χ0) is 32.9. The van der Waals surface area contributed by atoms with Gasteiger partial charge in [-0.05, 0) is 82.6 Å². The number of fused-ring (bicyclic) bond motifs is 6. The number of aromatic nitrogens is 4. The topological polar surface area (TPSA) is 47.4 Å². The molecule has 0 bridgehead atoms. The zero-order valence-corrected chi connectivity index (χ0v) is 30.1. The third-order valence-corrected chi connectivity index (χ3v) is 13.4. The molecule has 0 aliphatic carbocycles. The first-order chi connectivity index (χ1) is 23.0. The molecule has 244 valence electrons. The average Bonchev–Trinajstić information content (AvgIpc) is 3.86. The Balaban J connectivity index is 1.17. The Bertz CT molecular complexity index is 1970. The van der Waals surface area contributed by atoms with E-state index in [9.17, 15) is 0 Å². The lowest BCUT2D eigenvalue weighted by molar-refractivity contribution is 0.411. The van der Waals surface area contributed by atoms with E-state index >= 15 is 0 Å². The molecule has 0 atom stereocenters. The molecule has 9 rings (SSSR count). The summed E-state index contributed by atoms with van der Waals surface area (Å²) in [7, 11) is -2.41. The minimum absolute atomic E-state index is 0.0709. The number of ether oxygens (including phenoxy) is 1. The number of hydrogen-bond acceptors (Lipinski definition) is 3. The van der Waals surface area contributed by atoms with E-state index in [1.54, 1.807) is 0 Å². The van der Waals surface area contributed by atoms with Crippen LogP contribution < -0.4 is 13.8 Å². The monoisotopic (exact) mass is 674 g/mol. The first-order valence-electron chi connectivity index (χ1n) is 16.7. The first-order valence-corrected chi connectivity index (χ1v) is 19.0. The fourth-order valence-corrected chi connectivity index (χ4v) is 10.5. The van der Waals surface area contributed by atoms with Gasteiger partial charge in [-0.2, -0.15) is 0 Å². The summed E-state index contributed by atoms with van der Waals surface area (Å²) < 4.78 is 30.5. The van der Waals surface area contributed by atoms with Gasteiger partial charge in [-0.3, -0.25) is 17.4 Å². The minimum Gasteiger partial charge on any atom is -0.449 e. The molecule has 0 saturated heterocycles. The second-order valence-corrected chi connectivity index (χ2v) is 18.2. The molecule has 0 radical (unpaired) electrons. The lowest BCUT2D eigenvalue weighted by Crippen LogP contribution is -2.19. The highest BCUT2D eigenvalue weighted by molar-refractivity contribution is 7.50. The van der Waals surface area contributed by atoms with E-state index < -0.39 is 16.9 Å². The van der Waals surface area contributed by atoms with Crippen LogP contribution in [0.15, 0.2) is 97.6 Å². The summed E-state index contributed by atoms with van der Waals surface area (Å²) in [4.78, 5) is 0. The van der Waals surface area contributed by atoms with Crippen LogP contribution in [0.3, 0.4) is 0 Å². The van der Waals surface area contributed by atoms with Crippen molar-refractivity contribution in [3.8, 4) is 23.0 Å². The van der Waals surface area contributed by atoms with Crippen molar-refractivity contribution in [1.29, 1.82) is 0 Å². The van der Waals surface area contributed by atoms with Crippen LogP contribution in [0.4, 0.5) is 0 Å². The highest BCUT2D eigenvalue weighted by Gasteiger charge is 2.35. The Morgan fingerprint density at radius 2 is 0.875 bits per heavy atom. The number of benzene rings is 2. The van der Waals surface area contributed by atoms with Gasteiger partial charge in [0.2, 0.25) is 0 Å². The molecule has 0 spiro atoms. The van der Waals surface area contributed by atoms with Gasteiger partial charge in [0.1, 0.15) is 0 Å². The van der Waals surface area contributed by atoms with Crippen molar-refractivity contribution in [2.75, 3.05) is 0 Å². The van der Waals surface area contributed by atoms with E-state index in [0.717, 1.165) is 53.4 Å². The second kappa shape index (κ2) is 10.7. The summed E-state index contributed by atoms with van der Waals surface area (Å²) in [5, 5.41) is 0. The van der Waals surface area contributed by atoms with Gasteiger partial charge in [-0.1, -0.05) is 53.7 Å². The lowest BCUT2D eigenvalue weighted by atomic mass is 9.82. The zero-order valence-electron chi connectivity index (χ0n) is 28.3. The molecule has 0 saturated carbocycles. The molecule has 48 heavy (non-hydrogen) atoms. The van der Waals surface area contributed by atoms with Crippen molar-refractivity contribution in [2.24, 2.45) is 0 Å². The lowest BCUT2D eigenvalue weighted by Gasteiger charge is -2.33. The van der Waals surface area contributed by atoms with Crippen LogP contribution >= 0.6 is 16.9 Å². The summed E-state index contributed by atoms with van der Waals surface area (Å²) in [6.45, 7) is 13.6. The van der Waals surface area contributed by atoms with E-state index in [-0.39, 0.29) is 10.8 Å². The summed E-state index contributed by atoms with van der Waals surface area (Å²) in [6, 6.07) is 26.3. The molecule has 7 heterocycles. The summed E-state index contributed by atoms with van der Waals surface area (Å²) in [5.74, 6) is 3.09. The van der Waals surface area contributed by atoms with Crippen molar-refractivity contribution in [3.63, 3.8) is 0 Å². The standard InChI is InChI=1S/C39H40N4O3P2/c1-38(2,3)28-20-26-19-27-21-29(39(4,5)6)23-35(46-48-42-17-9-13-32(42)25-33-14-10-18-43(33)48)37(27)44-36(26)34(22-28)45-47-40-15-7-11-30(40)24-31-12-8-16-41(31)47/h7-18,20-23H,19,24-25H2,1-6H3.